The van der Waals surface area contributed by atoms with Gasteiger partial charge in [-0.2, -0.15) is 0 Å². The van der Waals surface area contributed by atoms with Crippen molar-refractivity contribution in [1.29, 1.82) is 10.8 Å². The summed E-state index contributed by atoms with van der Waals surface area (Å²) in [5.41, 5.74) is 0.415. The van der Waals surface area contributed by atoms with E-state index in [1.165, 1.54) is 12.8 Å². The Bertz CT molecular complexity index is 239. The van der Waals surface area contributed by atoms with E-state index in [9.17, 15) is 0 Å². The Morgan fingerprint density at radius 2 is 1.41 bits per heavy atom. The summed E-state index contributed by atoms with van der Waals surface area (Å²) in [6.07, 6.45) is 10.3. The summed E-state index contributed by atoms with van der Waals surface area (Å²) in [5, 5.41) is 10.8. The highest BCUT2D eigenvalue weighted by atomic mass is 16.1. The van der Waals surface area contributed by atoms with Crippen LogP contribution in [-0.4, -0.2) is 12.2 Å². The molecule has 0 radical (unpaired) electrons. The molecule has 17 heavy (non-hydrogen) atoms. The van der Waals surface area contributed by atoms with Gasteiger partial charge in [-0.1, -0.05) is 32.4 Å². The van der Waals surface area contributed by atoms with Gasteiger partial charge in [-0.05, 0) is 24.7 Å². The molecule has 0 saturated carbocycles. The summed E-state index contributed by atoms with van der Waals surface area (Å²) in [5.74, 6) is 0. The van der Waals surface area contributed by atoms with Gasteiger partial charge in [0.15, 0.2) is 0 Å². The molecule has 0 atom stereocenters. The predicted molar refractivity (Wildman–Crippen MR) is 69.5 cm³/mol. The molecule has 2 N–H and O–H groups in total. The first kappa shape index (κ1) is 20.6. The van der Waals surface area contributed by atoms with Crippen molar-refractivity contribution in [3.8, 4) is 0 Å². The molecule has 4 heteroatoms. The van der Waals surface area contributed by atoms with E-state index < -0.39 is 0 Å². The lowest BCUT2D eigenvalue weighted by atomic mass is 9.79. The van der Waals surface area contributed by atoms with Crippen LogP contribution in [0.4, 0.5) is 0 Å². The summed E-state index contributed by atoms with van der Waals surface area (Å²) in [7, 11) is 0. The molecule has 4 nitrogen and oxygen atoms in total. The first-order valence-electron chi connectivity index (χ1n) is 5.31. The summed E-state index contributed by atoms with van der Waals surface area (Å²) in [6.45, 7) is 12.1. The minimum absolute atomic E-state index is 0.415. The van der Waals surface area contributed by atoms with Crippen LogP contribution in [-0.2, 0) is 9.59 Å². The van der Waals surface area contributed by atoms with Crippen LogP contribution in [0.15, 0.2) is 25.3 Å². The molecule has 0 rings (SSSR count). The van der Waals surface area contributed by atoms with Crippen LogP contribution < -0.4 is 0 Å². The van der Waals surface area contributed by atoms with Crippen molar-refractivity contribution >= 4 is 12.2 Å². The maximum atomic E-state index is 8.35. The highest BCUT2D eigenvalue weighted by Gasteiger charge is 2.19. The molecule has 0 bridgehead atoms. The van der Waals surface area contributed by atoms with Crippen molar-refractivity contribution in [2.45, 2.75) is 39.5 Å². The standard InChI is InChI=1S/C11H20.2CHNO/c1-5-8-11(4,9-6-2)10-7-3;2*2-1-3/h5-6H,1-2,7-10H2,3-4H3;2*2H. The Balaban J connectivity index is -0.000000273. The van der Waals surface area contributed by atoms with Gasteiger partial charge in [-0.25, -0.2) is 20.4 Å². The quantitative estimate of drug-likeness (QED) is 0.419. The number of carbonyl (C=O) groups excluding carboxylic acids is 2. The van der Waals surface area contributed by atoms with Gasteiger partial charge < -0.3 is 0 Å². The topological polar surface area (TPSA) is 81.8 Å². The van der Waals surface area contributed by atoms with E-state index in [0.717, 1.165) is 25.0 Å². The summed E-state index contributed by atoms with van der Waals surface area (Å²) < 4.78 is 0. The van der Waals surface area contributed by atoms with Gasteiger partial charge in [0.2, 0.25) is 12.2 Å². The van der Waals surface area contributed by atoms with Crippen LogP contribution in [0.1, 0.15) is 39.5 Å². The summed E-state index contributed by atoms with van der Waals surface area (Å²) in [4.78, 5) is 16.7. The second kappa shape index (κ2) is 16.7. The zero-order chi connectivity index (χ0) is 14.2. The fourth-order valence-corrected chi connectivity index (χ4v) is 1.59. The van der Waals surface area contributed by atoms with Gasteiger partial charge in [0.1, 0.15) is 0 Å². The normalized spacial score (nSPS) is 8.12. The summed E-state index contributed by atoms with van der Waals surface area (Å²) in [6, 6.07) is 0. The maximum Gasteiger partial charge on any atom is 0.231 e. The monoisotopic (exact) mass is 238 g/mol. The van der Waals surface area contributed by atoms with Crippen LogP contribution in [0.2, 0.25) is 0 Å². The molecule has 0 aromatic heterocycles. The zero-order valence-electron chi connectivity index (χ0n) is 10.7. The highest BCUT2D eigenvalue weighted by molar-refractivity contribution is 5.26. The predicted octanol–water partition coefficient (Wildman–Crippen LogP) is 3.75. The highest BCUT2D eigenvalue weighted by Crippen LogP contribution is 2.31. The number of isocyanates is 2. The smallest absolute Gasteiger partial charge is 0.222 e. The molecule has 0 aromatic carbocycles. The molecular formula is C13H22N2O2. The Morgan fingerprint density at radius 1 is 1.12 bits per heavy atom. The van der Waals surface area contributed by atoms with Crippen LogP contribution in [0.3, 0.4) is 0 Å². The fourth-order valence-electron chi connectivity index (χ4n) is 1.59. The number of nitrogens with one attached hydrogen (secondary N) is 2. The molecule has 0 aliphatic heterocycles. The van der Waals surface area contributed by atoms with Crippen molar-refractivity contribution in [3.63, 3.8) is 0 Å². The van der Waals surface area contributed by atoms with Crippen LogP contribution in [0, 0.1) is 16.2 Å². The van der Waals surface area contributed by atoms with Crippen molar-refractivity contribution in [1.82, 2.24) is 0 Å². The first-order valence-corrected chi connectivity index (χ1v) is 5.31. The van der Waals surface area contributed by atoms with Gasteiger partial charge in [0.25, 0.3) is 0 Å². The van der Waals surface area contributed by atoms with E-state index in [2.05, 4.69) is 27.0 Å². The van der Waals surface area contributed by atoms with Crippen LogP contribution in [0.5, 0.6) is 0 Å². The average molecular weight is 238 g/mol. The SMILES string of the molecule is C=CCC(C)(CC=C)CCC.N=C=O.N=C=O. The van der Waals surface area contributed by atoms with Crippen molar-refractivity contribution in [2.75, 3.05) is 0 Å². The third-order valence-electron chi connectivity index (χ3n) is 2.13. The zero-order valence-corrected chi connectivity index (χ0v) is 10.7. The molecule has 0 aliphatic rings. The molecule has 0 unspecified atom stereocenters. The molecule has 0 aromatic rings. The lowest BCUT2D eigenvalue weighted by molar-refractivity contribution is 0.301. The molecule has 96 valence electrons. The second-order valence-corrected chi connectivity index (χ2v) is 3.75. The average Bonchev–Trinajstić information content (AvgIpc) is 2.20. The van der Waals surface area contributed by atoms with E-state index in [1.807, 2.05) is 12.2 Å². The largest absolute Gasteiger partial charge is 0.231 e. The molecule has 0 fully saturated rings. The molecule has 0 amide bonds. The third kappa shape index (κ3) is 20.3. The van der Waals surface area contributed by atoms with E-state index in [4.69, 9.17) is 20.4 Å². The van der Waals surface area contributed by atoms with Crippen LogP contribution >= 0.6 is 0 Å². The Labute approximate surface area is 103 Å². The molecule has 0 spiro atoms. The van der Waals surface area contributed by atoms with Gasteiger partial charge in [0.05, 0.1) is 0 Å². The lowest BCUT2D eigenvalue weighted by Crippen LogP contribution is -2.13. The van der Waals surface area contributed by atoms with E-state index in [-0.39, 0.29) is 0 Å². The first-order chi connectivity index (χ1) is 8.01. The number of rotatable bonds is 6. The van der Waals surface area contributed by atoms with E-state index in [0.29, 0.717) is 5.41 Å². The Morgan fingerprint density at radius 3 is 1.59 bits per heavy atom. The van der Waals surface area contributed by atoms with Crippen molar-refractivity contribution in [2.24, 2.45) is 5.41 Å². The number of hydrogen-bond donors (Lipinski definition) is 2. The van der Waals surface area contributed by atoms with Crippen molar-refractivity contribution < 1.29 is 9.59 Å². The van der Waals surface area contributed by atoms with Gasteiger partial charge in [-0.15, -0.1) is 13.2 Å². The van der Waals surface area contributed by atoms with E-state index in [1.54, 1.807) is 0 Å². The van der Waals surface area contributed by atoms with Gasteiger partial charge in [0, 0.05) is 0 Å². The maximum absolute atomic E-state index is 8.35. The molecule has 0 saturated heterocycles. The fraction of sp³-hybridized carbons (Fsp3) is 0.538. The van der Waals surface area contributed by atoms with Gasteiger partial charge in [-0.3, -0.25) is 0 Å². The minimum Gasteiger partial charge on any atom is -0.222 e. The molecular weight excluding hydrogens is 216 g/mol. The van der Waals surface area contributed by atoms with Crippen molar-refractivity contribution in [3.05, 3.63) is 25.3 Å². The number of hydrogen-bond acceptors (Lipinski definition) is 4. The molecule has 0 aliphatic carbocycles. The summed E-state index contributed by atoms with van der Waals surface area (Å²) >= 11 is 0. The molecule has 0 heterocycles. The third-order valence-corrected chi connectivity index (χ3v) is 2.13. The van der Waals surface area contributed by atoms with Crippen LogP contribution in [0.25, 0.3) is 0 Å². The second-order valence-electron chi connectivity index (χ2n) is 3.75. The lowest BCUT2D eigenvalue weighted by Gasteiger charge is -2.26. The van der Waals surface area contributed by atoms with E-state index >= 15 is 0 Å². The Hall–Kier alpha value is -1.76. The Kier molecular flexibility index (Phi) is 20.2. The van der Waals surface area contributed by atoms with Gasteiger partial charge >= 0.3 is 0 Å². The number of allylic oxidation sites excluding steroid dienone is 2. The minimum atomic E-state index is 0.415.